The van der Waals surface area contributed by atoms with Crippen LogP contribution >= 0.6 is 0 Å². The summed E-state index contributed by atoms with van der Waals surface area (Å²) in [5, 5.41) is 4.39. The first-order chi connectivity index (χ1) is 15.3. The van der Waals surface area contributed by atoms with E-state index < -0.39 is 0 Å². The Hall–Kier alpha value is -3.47. The van der Waals surface area contributed by atoms with Gasteiger partial charge in [-0.2, -0.15) is 5.10 Å². The minimum Gasteiger partial charge on any atom is -0.491 e. The van der Waals surface area contributed by atoms with E-state index in [2.05, 4.69) is 34.3 Å². The third kappa shape index (κ3) is 6.27. The van der Waals surface area contributed by atoms with Gasteiger partial charge in [-0.15, -0.1) is 0 Å². The first-order valence-corrected chi connectivity index (χ1v) is 10.8. The van der Waals surface area contributed by atoms with Crippen LogP contribution in [0.5, 0.6) is 5.75 Å². The molecule has 166 valence electrons. The van der Waals surface area contributed by atoms with Gasteiger partial charge in [0.1, 0.15) is 17.4 Å². The van der Waals surface area contributed by atoms with E-state index in [9.17, 15) is 4.39 Å². The van der Waals surface area contributed by atoms with Crippen LogP contribution in [0.2, 0.25) is 0 Å². The highest BCUT2D eigenvalue weighted by molar-refractivity contribution is 5.64. The van der Waals surface area contributed by atoms with Gasteiger partial charge in [0.2, 0.25) is 0 Å². The predicted molar refractivity (Wildman–Crippen MR) is 128 cm³/mol. The van der Waals surface area contributed by atoms with Crippen LogP contribution in [0.1, 0.15) is 45.3 Å². The molecule has 1 heterocycles. The summed E-state index contributed by atoms with van der Waals surface area (Å²) >= 11 is 0. The molecule has 0 aliphatic rings. The summed E-state index contributed by atoms with van der Waals surface area (Å²) in [4.78, 5) is 4.37. The minimum atomic E-state index is -0.245. The molecular formula is C27H30FN3O. The van der Waals surface area contributed by atoms with E-state index in [0.29, 0.717) is 5.92 Å². The second-order valence-electron chi connectivity index (χ2n) is 8.12. The summed E-state index contributed by atoms with van der Waals surface area (Å²) < 4.78 is 20.2. The van der Waals surface area contributed by atoms with Crippen LogP contribution in [-0.4, -0.2) is 20.9 Å². The molecule has 0 aliphatic heterocycles. The smallest absolute Gasteiger partial charge is 0.153 e. The molecule has 0 saturated heterocycles. The first-order valence-electron chi connectivity index (χ1n) is 10.8. The number of benzene rings is 3. The van der Waals surface area contributed by atoms with Crippen LogP contribution in [0.15, 0.2) is 78.9 Å². The van der Waals surface area contributed by atoms with E-state index >= 15 is 0 Å². The predicted octanol–water partition coefficient (Wildman–Crippen LogP) is 6.98. The third-order valence-electron chi connectivity index (χ3n) is 4.69. The van der Waals surface area contributed by atoms with Gasteiger partial charge in [0.05, 0.1) is 11.8 Å². The molecule has 0 amide bonds. The fraction of sp³-hybridized carbons (Fsp3) is 0.259. The Kier molecular flexibility index (Phi) is 7.77. The maximum absolute atomic E-state index is 12.8. The molecular weight excluding hydrogens is 401 g/mol. The molecule has 0 saturated carbocycles. The number of aromatic nitrogens is 3. The van der Waals surface area contributed by atoms with Crippen LogP contribution < -0.4 is 4.74 Å². The monoisotopic (exact) mass is 431 g/mol. The summed E-state index contributed by atoms with van der Waals surface area (Å²) in [6.45, 7) is 10.1. The average molecular weight is 432 g/mol. The fourth-order valence-corrected chi connectivity index (χ4v) is 3.13. The Morgan fingerprint density at radius 3 is 2.06 bits per heavy atom. The Labute approximate surface area is 189 Å². The lowest BCUT2D eigenvalue weighted by Gasteiger charge is -2.10. The van der Waals surface area contributed by atoms with Crippen molar-refractivity contribution in [3.8, 4) is 22.6 Å². The van der Waals surface area contributed by atoms with Gasteiger partial charge in [-0.25, -0.2) is 14.1 Å². The Bertz CT molecular complexity index is 1120. The number of nitrogens with zero attached hydrogens (tertiary/aromatic N) is 3. The fourth-order valence-electron chi connectivity index (χ4n) is 3.13. The zero-order valence-corrected chi connectivity index (χ0v) is 19.3. The van der Waals surface area contributed by atoms with E-state index in [4.69, 9.17) is 4.74 Å². The van der Waals surface area contributed by atoms with Gasteiger partial charge in [0.15, 0.2) is 5.82 Å². The Morgan fingerprint density at radius 2 is 1.47 bits per heavy atom. The number of aryl methyl sites for hydroxylation is 1. The lowest BCUT2D eigenvalue weighted by molar-refractivity contribution is 0.242. The van der Waals surface area contributed by atoms with Gasteiger partial charge < -0.3 is 4.74 Å². The molecule has 4 rings (SSSR count). The van der Waals surface area contributed by atoms with Crippen molar-refractivity contribution in [1.29, 1.82) is 0 Å². The van der Waals surface area contributed by atoms with Gasteiger partial charge in [-0.05, 0) is 68.3 Å². The van der Waals surface area contributed by atoms with Crippen LogP contribution in [0.25, 0.3) is 16.8 Å². The third-order valence-corrected chi connectivity index (χ3v) is 4.69. The molecule has 0 N–H and O–H groups in total. The Balaban J connectivity index is 0.000000181. The normalized spacial score (nSPS) is 10.8. The SMILES string of the molecule is CC(C)Oc1cccc(-c2ccccc2)c1.Cc1nc(C(C)C)nn1-c1ccc(F)cc1. The molecule has 0 bridgehead atoms. The van der Waals surface area contributed by atoms with Crippen LogP contribution in [0.3, 0.4) is 0 Å². The lowest BCUT2D eigenvalue weighted by atomic mass is 10.1. The molecule has 0 aliphatic carbocycles. The summed E-state index contributed by atoms with van der Waals surface area (Å²) in [7, 11) is 0. The highest BCUT2D eigenvalue weighted by Gasteiger charge is 2.10. The second-order valence-corrected chi connectivity index (χ2v) is 8.12. The number of hydrogen-bond acceptors (Lipinski definition) is 3. The van der Waals surface area contributed by atoms with E-state index in [0.717, 1.165) is 23.1 Å². The van der Waals surface area contributed by atoms with E-state index in [1.54, 1.807) is 16.8 Å². The zero-order valence-electron chi connectivity index (χ0n) is 19.3. The molecule has 0 spiro atoms. The number of rotatable bonds is 5. The van der Waals surface area contributed by atoms with Gasteiger partial charge in [0, 0.05) is 5.92 Å². The number of hydrogen-bond donors (Lipinski definition) is 0. The van der Waals surface area contributed by atoms with Crippen molar-refractivity contribution in [3.63, 3.8) is 0 Å². The maximum Gasteiger partial charge on any atom is 0.153 e. The molecule has 1 aromatic heterocycles. The molecule has 0 fully saturated rings. The van der Waals surface area contributed by atoms with Crippen molar-refractivity contribution in [2.24, 2.45) is 0 Å². The topological polar surface area (TPSA) is 39.9 Å². The molecule has 4 aromatic rings. The van der Waals surface area contributed by atoms with E-state index in [1.807, 2.05) is 65.0 Å². The average Bonchev–Trinajstić information content (AvgIpc) is 3.17. The van der Waals surface area contributed by atoms with Crippen molar-refractivity contribution < 1.29 is 9.13 Å². The van der Waals surface area contributed by atoms with Crippen LogP contribution in [0, 0.1) is 12.7 Å². The van der Waals surface area contributed by atoms with Crippen molar-refractivity contribution in [3.05, 3.63) is 96.3 Å². The van der Waals surface area contributed by atoms with E-state index in [-0.39, 0.29) is 11.9 Å². The van der Waals surface area contributed by atoms with Crippen LogP contribution in [0.4, 0.5) is 4.39 Å². The first kappa shape index (κ1) is 23.2. The van der Waals surface area contributed by atoms with E-state index in [1.165, 1.54) is 23.3 Å². The quantitative estimate of drug-likeness (QED) is 0.342. The Morgan fingerprint density at radius 1 is 0.812 bits per heavy atom. The number of halogens is 1. The molecule has 5 heteroatoms. The van der Waals surface area contributed by atoms with Gasteiger partial charge in [-0.1, -0.05) is 56.3 Å². The molecule has 0 radical (unpaired) electrons. The van der Waals surface area contributed by atoms with Crippen molar-refractivity contribution >= 4 is 0 Å². The number of ether oxygens (including phenoxy) is 1. The van der Waals surface area contributed by atoms with Crippen LogP contribution in [-0.2, 0) is 0 Å². The zero-order chi connectivity index (χ0) is 23.1. The standard InChI is InChI=1S/C15H16O.C12H14FN3/c1-12(2)16-15-10-6-9-14(11-15)13-7-4-3-5-8-13;1-8(2)12-14-9(3)16(15-12)11-6-4-10(13)5-7-11/h3-12H,1-2H3;4-8H,1-3H3. The summed E-state index contributed by atoms with van der Waals surface area (Å²) in [5.74, 6) is 2.60. The maximum atomic E-state index is 12.8. The lowest BCUT2D eigenvalue weighted by Crippen LogP contribution is -2.05. The highest BCUT2D eigenvalue weighted by atomic mass is 19.1. The van der Waals surface area contributed by atoms with Crippen molar-refractivity contribution in [2.75, 3.05) is 0 Å². The second kappa shape index (κ2) is 10.7. The van der Waals surface area contributed by atoms with Gasteiger partial charge >= 0.3 is 0 Å². The van der Waals surface area contributed by atoms with Gasteiger partial charge in [0.25, 0.3) is 0 Å². The van der Waals surface area contributed by atoms with Crippen molar-refractivity contribution in [2.45, 2.75) is 46.6 Å². The molecule has 0 unspecified atom stereocenters. The highest BCUT2D eigenvalue weighted by Crippen LogP contribution is 2.24. The molecule has 0 atom stereocenters. The van der Waals surface area contributed by atoms with Crippen molar-refractivity contribution in [1.82, 2.24) is 14.8 Å². The molecule has 4 nitrogen and oxygen atoms in total. The molecule has 3 aromatic carbocycles. The molecule has 32 heavy (non-hydrogen) atoms. The largest absolute Gasteiger partial charge is 0.491 e. The minimum absolute atomic E-state index is 0.214. The summed E-state index contributed by atoms with van der Waals surface area (Å²) in [5.41, 5.74) is 3.24. The summed E-state index contributed by atoms with van der Waals surface area (Å²) in [6.07, 6.45) is 0.214. The summed E-state index contributed by atoms with van der Waals surface area (Å²) in [6, 6.07) is 24.8. The van der Waals surface area contributed by atoms with Gasteiger partial charge in [-0.3, -0.25) is 0 Å².